The molecule has 2 amide bonds. The molecule has 2 heterocycles. The van der Waals surface area contributed by atoms with E-state index in [9.17, 15) is 9.59 Å². The van der Waals surface area contributed by atoms with E-state index in [2.05, 4.69) is 10.2 Å². The lowest BCUT2D eigenvalue weighted by molar-refractivity contribution is 0.0761. The standard InChI is InChI=1S/C20H30N4O2.ClH/c1-3-22(4-2)19(25)16-5-7-17(8-6-16)20(26)24-12-9-18(15-24)23-13-10-21-11-14-23;/h5-8,18,21H,3-4,9-15H2,1-2H3;1H. The van der Waals surface area contributed by atoms with Gasteiger partial charge < -0.3 is 15.1 Å². The number of benzene rings is 1. The van der Waals surface area contributed by atoms with Crippen LogP contribution in [-0.2, 0) is 0 Å². The highest BCUT2D eigenvalue weighted by Gasteiger charge is 2.31. The van der Waals surface area contributed by atoms with Gasteiger partial charge in [-0.3, -0.25) is 14.5 Å². The Morgan fingerprint density at radius 2 is 1.63 bits per heavy atom. The second-order valence-corrected chi connectivity index (χ2v) is 7.03. The van der Waals surface area contributed by atoms with Crippen LogP contribution in [0.5, 0.6) is 0 Å². The largest absolute Gasteiger partial charge is 0.339 e. The van der Waals surface area contributed by atoms with E-state index < -0.39 is 0 Å². The molecule has 2 aliphatic heterocycles. The molecule has 0 bridgehead atoms. The molecule has 1 N–H and O–H groups in total. The lowest BCUT2D eigenvalue weighted by atomic mass is 10.1. The topological polar surface area (TPSA) is 55.9 Å². The zero-order valence-electron chi connectivity index (χ0n) is 16.3. The molecule has 2 fully saturated rings. The number of carbonyl (C=O) groups excluding carboxylic acids is 2. The van der Waals surface area contributed by atoms with Gasteiger partial charge in [-0.15, -0.1) is 12.4 Å². The predicted octanol–water partition coefficient (Wildman–Crippen LogP) is 1.71. The van der Waals surface area contributed by atoms with Crippen molar-refractivity contribution in [2.45, 2.75) is 26.3 Å². The van der Waals surface area contributed by atoms with Gasteiger partial charge in [0.05, 0.1) is 0 Å². The molecule has 0 aromatic heterocycles. The number of nitrogens with one attached hydrogen (secondary N) is 1. The zero-order valence-corrected chi connectivity index (χ0v) is 17.1. The second kappa shape index (κ2) is 10.1. The highest BCUT2D eigenvalue weighted by Crippen LogP contribution is 2.19. The highest BCUT2D eigenvalue weighted by atomic mass is 35.5. The Kier molecular flexibility index (Phi) is 8.07. The fourth-order valence-corrected chi connectivity index (χ4v) is 3.90. The highest BCUT2D eigenvalue weighted by molar-refractivity contribution is 5.98. The number of hydrogen-bond donors (Lipinski definition) is 1. The van der Waals surface area contributed by atoms with Crippen LogP contribution in [0.15, 0.2) is 24.3 Å². The number of nitrogens with zero attached hydrogens (tertiary/aromatic N) is 3. The van der Waals surface area contributed by atoms with Crippen LogP contribution in [-0.4, -0.2) is 84.9 Å². The summed E-state index contributed by atoms with van der Waals surface area (Å²) in [7, 11) is 0. The van der Waals surface area contributed by atoms with E-state index >= 15 is 0 Å². The molecule has 0 aliphatic carbocycles. The summed E-state index contributed by atoms with van der Waals surface area (Å²) in [5, 5.41) is 3.38. The van der Waals surface area contributed by atoms with Crippen LogP contribution in [0.4, 0.5) is 0 Å². The molecule has 1 aromatic rings. The maximum Gasteiger partial charge on any atom is 0.253 e. The van der Waals surface area contributed by atoms with Crippen LogP contribution in [0.25, 0.3) is 0 Å². The normalized spacial score (nSPS) is 20.2. The third-order valence-corrected chi connectivity index (χ3v) is 5.55. The average molecular weight is 395 g/mol. The smallest absolute Gasteiger partial charge is 0.253 e. The van der Waals surface area contributed by atoms with Crippen molar-refractivity contribution in [1.82, 2.24) is 20.0 Å². The van der Waals surface area contributed by atoms with Crippen molar-refractivity contribution in [3.63, 3.8) is 0 Å². The van der Waals surface area contributed by atoms with Gasteiger partial charge >= 0.3 is 0 Å². The number of hydrogen-bond acceptors (Lipinski definition) is 4. The summed E-state index contributed by atoms with van der Waals surface area (Å²) in [6.07, 6.45) is 1.05. The van der Waals surface area contributed by atoms with Gasteiger partial charge in [0.15, 0.2) is 0 Å². The number of rotatable bonds is 5. The fourth-order valence-electron chi connectivity index (χ4n) is 3.90. The summed E-state index contributed by atoms with van der Waals surface area (Å²) in [6.45, 7) is 11.1. The Hall–Kier alpha value is -1.63. The van der Waals surface area contributed by atoms with Crippen molar-refractivity contribution in [2.75, 3.05) is 52.4 Å². The minimum atomic E-state index is 0. The number of halogens is 1. The Bertz CT molecular complexity index is 627. The van der Waals surface area contributed by atoms with E-state index in [0.717, 1.165) is 45.7 Å². The summed E-state index contributed by atoms with van der Waals surface area (Å²) < 4.78 is 0. The van der Waals surface area contributed by atoms with E-state index in [1.165, 1.54) is 0 Å². The Balaban J connectivity index is 0.00000261. The van der Waals surface area contributed by atoms with Crippen molar-refractivity contribution in [2.24, 2.45) is 0 Å². The van der Waals surface area contributed by atoms with Crippen molar-refractivity contribution in [1.29, 1.82) is 0 Å². The first-order valence-corrected chi connectivity index (χ1v) is 9.77. The Morgan fingerprint density at radius 1 is 1.04 bits per heavy atom. The first-order chi connectivity index (χ1) is 12.6. The van der Waals surface area contributed by atoms with Crippen LogP contribution in [0, 0.1) is 0 Å². The molecule has 1 aromatic carbocycles. The van der Waals surface area contributed by atoms with Gasteiger partial charge in [0.2, 0.25) is 0 Å². The predicted molar refractivity (Wildman–Crippen MR) is 110 cm³/mol. The maximum absolute atomic E-state index is 12.8. The van der Waals surface area contributed by atoms with Crippen LogP contribution in [0.3, 0.4) is 0 Å². The molecule has 0 spiro atoms. The lowest BCUT2D eigenvalue weighted by Gasteiger charge is -2.32. The zero-order chi connectivity index (χ0) is 18.5. The van der Waals surface area contributed by atoms with E-state index in [1.807, 2.05) is 18.7 Å². The third-order valence-electron chi connectivity index (χ3n) is 5.55. The molecule has 1 atom stereocenters. The van der Waals surface area contributed by atoms with Crippen LogP contribution >= 0.6 is 12.4 Å². The maximum atomic E-state index is 12.8. The molecule has 27 heavy (non-hydrogen) atoms. The first-order valence-electron chi connectivity index (χ1n) is 9.77. The minimum Gasteiger partial charge on any atom is -0.339 e. The molecule has 150 valence electrons. The Labute approximate surface area is 168 Å². The summed E-state index contributed by atoms with van der Waals surface area (Å²) in [5.41, 5.74) is 1.31. The van der Waals surface area contributed by atoms with Gasteiger partial charge in [-0.2, -0.15) is 0 Å². The molecule has 2 saturated heterocycles. The molecule has 3 rings (SSSR count). The molecule has 0 saturated carbocycles. The van der Waals surface area contributed by atoms with Crippen molar-refractivity contribution < 1.29 is 9.59 Å². The summed E-state index contributed by atoms with van der Waals surface area (Å²) in [5.74, 6) is 0.0958. The van der Waals surface area contributed by atoms with Crippen molar-refractivity contribution >= 4 is 24.2 Å². The first kappa shape index (κ1) is 21.7. The molecular weight excluding hydrogens is 364 g/mol. The van der Waals surface area contributed by atoms with Gasteiger partial charge in [-0.25, -0.2) is 0 Å². The Morgan fingerprint density at radius 3 is 2.22 bits per heavy atom. The SMILES string of the molecule is CCN(CC)C(=O)c1ccc(C(=O)N2CCC(N3CCNCC3)C2)cc1.Cl. The van der Waals surface area contributed by atoms with Gasteiger partial charge in [-0.1, -0.05) is 0 Å². The van der Waals surface area contributed by atoms with Crippen LogP contribution in [0.1, 0.15) is 41.0 Å². The summed E-state index contributed by atoms with van der Waals surface area (Å²) in [6, 6.07) is 7.61. The van der Waals surface area contributed by atoms with Gasteiger partial charge in [-0.05, 0) is 44.5 Å². The molecular formula is C20H31ClN4O2. The van der Waals surface area contributed by atoms with Crippen LogP contribution in [0.2, 0.25) is 0 Å². The van der Waals surface area contributed by atoms with Crippen molar-refractivity contribution in [3.8, 4) is 0 Å². The average Bonchev–Trinajstić information content (AvgIpc) is 3.19. The number of carbonyl (C=O) groups is 2. The summed E-state index contributed by atoms with van der Waals surface area (Å²) >= 11 is 0. The van der Waals surface area contributed by atoms with E-state index in [4.69, 9.17) is 0 Å². The van der Waals surface area contributed by atoms with Gasteiger partial charge in [0.1, 0.15) is 0 Å². The molecule has 7 heteroatoms. The molecule has 1 unspecified atom stereocenters. The van der Waals surface area contributed by atoms with E-state index in [1.54, 1.807) is 29.2 Å². The van der Waals surface area contributed by atoms with Gasteiger partial charge in [0.25, 0.3) is 11.8 Å². The molecule has 6 nitrogen and oxygen atoms in total. The number of likely N-dealkylation sites (tertiary alicyclic amines) is 1. The minimum absolute atomic E-state index is 0. The quantitative estimate of drug-likeness (QED) is 0.826. The summed E-state index contributed by atoms with van der Waals surface area (Å²) in [4.78, 5) is 31.4. The fraction of sp³-hybridized carbons (Fsp3) is 0.600. The monoisotopic (exact) mass is 394 g/mol. The third kappa shape index (κ3) is 5.00. The molecule has 0 radical (unpaired) electrons. The second-order valence-electron chi connectivity index (χ2n) is 7.03. The van der Waals surface area contributed by atoms with Gasteiger partial charge in [0, 0.05) is 69.5 Å². The number of amides is 2. The van der Waals surface area contributed by atoms with E-state index in [-0.39, 0.29) is 24.2 Å². The van der Waals surface area contributed by atoms with Crippen molar-refractivity contribution in [3.05, 3.63) is 35.4 Å². The molecule has 2 aliphatic rings. The van der Waals surface area contributed by atoms with E-state index in [0.29, 0.717) is 30.3 Å². The van der Waals surface area contributed by atoms with Crippen LogP contribution < -0.4 is 5.32 Å². The number of piperazine rings is 1. The lowest BCUT2D eigenvalue weighted by Crippen LogP contribution is -2.49.